The van der Waals surface area contributed by atoms with Crippen LogP contribution in [0.3, 0.4) is 0 Å². The highest BCUT2D eigenvalue weighted by molar-refractivity contribution is 4.76. The Kier molecular flexibility index (Phi) is 8.06. The molecule has 0 aromatic heterocycles. The van der Waals surface area contributed by atoms with Crippen LogP contribution in [-0.2, 0) is 4.74 Å². The van der Waals surface area contributed by atoms with Crippen molar-refractivity contribution in [2.75, 3.05) is 20.8 Å². The van der Waals surface area contributed by atoms with Crippen LogP contribution in [0.15, 0.2) is 0 Å². The summed E-state index contributed by atoms with van der Waals surface area (Å²) in [5.74, 6) is 1.46. The average Bonchev–Trinajstić information content (AvgIpc) is 2.19. The predicted molar refractivity (Wildman–Crippen MR) is 76.4 cm³/mol. The maximum Gasteiger partial charge on any atom is 0.0465 e. The summed E-state index contributed by atoms with van der Waals surface area (Å²) < 4.78 is 5.16. The van der Waals surface area contributed by atoms with Crippen LogP contribution in [-0.4, -0.2) is 26.8 Å². The molecule has 0 fully saturated rings. The number of hydrogen-bond donors (Lipinski definition) is 1. The summed E-state index contributed by atoms with van der Waals surface area (Å²) >= 11 is 0. The van der Waals surface area contributed by atoms with E-state index in [0.29, 0.717) is 17.4 Å². The largest absolute Gasteiger partial charge is 0.385 e. The Morgan fingerprint density at radius 3 is 2.18 bits per heavy atom. The Hall–Kier alpha value is -0.0800. The highest BCUT2D eigenvalue weighted by atomic mass is 16.5. The van der Waals surface area contributed by atoms with E-state index in [9.17, 15) is 0 Å². The van der Waals surface area contributed by atoms with E-state index in [0.717, 1.165) is 18.9 Å². The van der Waals surface area contributed by atoms with Gasteiger partial charge in [-0.3, -0.25) is 0 Å². The highest BCUT2D eigenvalue weighted by Gasteiger charge is 2.21. The van der Waals surface area contributed by atoms with Gasteiger partial charge in [-0.2, -0.15) is 0 Å². The Labute approximate surface area is 109 Å². The molecule has 104 valence electrons. The second kappa shape index (κ2) is 8.10. The SMILES string of the molecule is CNC(CC(C)CC(C)(C)C)C(C)CCOC. The first kappa shape index (κ1) is 16.9. The molecule has 3 atom stereocenters. The van der Waals surface area contributed by atoms with Crippen molar-refractivity contribution in [3.63, 3.8) is 0 Å². The minimum atomic E-state index is 0.438. The van der Waals surface area contributed by atoms with Crippen molar-refractivity contribution in [1.29, 1.82) is 0 Å². The van der Waals surface area contributed by atoms with Gasteiger partial charge in [-0.1, -0.05) is 34.6 Å². The van der Waals surface area contributed by atoms with Crippen LogP contribution in [0, 0.1) is 17.3 Å². The van der Waals surface area contributed by atoms with Crippen LogP contribution in [0.4, 0.5) is 0 Å². The van der Waals surface area contributed by atoms with Crippen LogP contribution in [0.25, 0.3) is 0 Å². The number of rotatable bonds is 8. The maximum absolute atomic E-state index is 5.16. The lowest BCUT2D eigenvalue weighted by molar-refractivity contribution is 0.164. The quantitative estimate of drug-likeness (QED) is 0.701. The Balaban J connectivity index is 4.10. The molecule has 0 saturated heterocycles. The molecule has 0 spiro atoms. The fourth-order valence-corrected chi connectivity index (χ4v) is 2.70. The third kappa shape index (κ3) is 8.62. The Morgan fingerprint density at radius 2 is 1.76 bits per heavy atom. The van der Waals surface area contributed by atoms with Gasteiger partial charge in [0.15, 0.2) is 0 Å². The van der Waals surface area contributed by atoms with Crippen LogP contribution in [0.2, 0.25) is 0 Å². The van der Waals surface area contributed by atoms with Gasteiger partial charge in [0.25, 0.3) is 0 Å². The third-order valence-corrected chi connectivity index (χ3v) is 3.45. The van der Waals surface area contributed by atoms with E-state index in [-0.39, 0.29) is 0 Å². The van der Waals surface area contributed by atoms with Gasteiger partial charge in [0.05, 0.1) is 0 Å². The fraction of sp³-hybridized carbons (Fsp3) is 1.00. The van der Waals surface area contributed by atoms with Gasteiger partial charge >= 0.3 is 0 Å². The molecule has 0 aliphatic heterocycles. The zero-order valence-electron chi connectivity index (χ0n) is 13.0. The molecule has 3 unspecified atom stereocenters. The zero-order valence-corrected chi connectivity index (χ0v) is 13.0. The van der Waals surface area contributed by atoms with Gasteiger partial charge < -0.3 is 10.1 Å². The van der Waals surface area contributed by atoms with Gasteiger partial charge in [0, 0.05) is 19.8 Å². The standard InChI is InChI=1S/C15H33NO/c1-12(11-15(3,4)5)10-14(16-6)13(2)8-9-17-7/h12-14,16H,8-11H2,1-7H3. The first-order chi connectivity index (χ1) is 7.80. The second-order valence-corrected chi connectivity index (χ2v) is 6.76. The highest BCUT2D eigenvalue weighted by Crippen LogP contribution is 2.28. The van der Waals surface area contributed by atoms with Crippen LogP contribution >= 0.6 is 0 Å². The molecular weight excluding hydrogens is 210 g/mol. The number of methoxy groups -OCH3 is 1. The summed E-state index contributed by atoms with van der Waals surface area (Å²) in [7, 11) is 3.86. The molecule has 0 heterocycles. The Bertz CT molecular complexity index is 186. The molecule has 0 aromatic carbocycles. The molecule has 1 N–H and O–H groups in total. The van der Waals surface area contributed by atoms with Crippen molar-refractivity contribution in [3.8, 4) is 0 Å². The monoisotopic (exact) mass is 243 g/mol. The lowest BCUT2D eigenvalue weighted by Gasteiger charge is -2.29. The molecule has 0 saturated carbocycles. The number of ether oxygens (including phenoxy) is 1. The van der Waals surface area contributed by atoms with Gasteiger partial charge in [0.1, 0.15) is 0 Å². The van der Waals surface area contributed by atoms with E-state index in [1.807, 2.05) is 0 Å². The van der Waals surface area contributed by atoms with Crippen molar-refractivity contribution in [1.82, 2.24) is 5.32 Å². The smallest absolute Gasteiger partial charge is 0.0465 e. The van der Waals surface area contributed by atoms with E-state index in [1.165, 1.54) is 12.8 Å². The van der Waals surface area contributed by atoms with E-state index in [2.05, 4.69) is 47.0 Å². The first-order valence-corrected chi connectivity index (χ1v) is 6.96. The van der Waals surface area contributed by atoms with E-state index >= 15 is 0 Å². The van der Waals surface area contributed by atoms with Gasteiger partial charge in [0.2, 0.25) is 0 Å². The lowest BCUT2D eigenvalue weighted by Crippen LogP contribution is -2.35. The number of nitrogens with one attached hydrogen (secondary N) is 1. The molecule has 0 aliphatic rings. The van der Waals surface area contributed by atoms with Crippen molar-refractivity contribution in [2.24, 2.45) is 17.3 Å². The van der Waals surface area contributed by atoms with Crippen LogP contribution in [0.5, 0.6) is 0 Å². The zero-order chi connectivity index (χ0) is 13.5. The van der Waals surface area contributed by atoms with Gasteiger partial charge in [-0.25, -0.2) is 0 Å². The summed E-state index contributed by atoms with van der Waals surface area (Å²) in [6.07, 6.45) is 3.70. The molecule has 0 rings (SSSR count). The third-order valence-electron chi connectivity index (χ3n) is 3.45. The first-order valence-electron chi connectivity index (χ1n) is 6.96. The van der Waals surface area contributed by atoms with E-state index in [1.54, 1.807) is 7.11 Å². The molecule has 2 heteroatoms. The van der Waals surface area contributed by atoms with Crippen molar-refractivity contribution >= 4 is 0 Å². The molecule has 0 amide bonds. The summed E-state index contributed by atoms with van der Waals surface area (Å²) in [5.41, 5.74) is 0.438. The minimum Gasteiger partial charge on any atom is -0.385 e. The number of hydrogen-bond acceptors (Lipinski definition) is 2. The lowest BCUT2D eigenvalue weighted by atomic mass is 9.81. The predicted octanol–water partition coefficient (Wildman–Crippen LogP) is 3.71. The van der Waals surface area contributed by atoms with Crippen molar-refractivity contribution < 1.29 is 4.74 Å². The van der Waals surface area contributed by atoms with Crippen LogP contribution < -0.4 is 5.32 Å². The summed E-state index contributed by atoms with van der Waals surface area (Å²) in [4.78, 5) is 0. The molecule has 2 nitrogen and oxygen atoms in total. The molecule has 0 aromatic rings. The minimum absolute atomic E-state index is 0.438. The topological polar surface area (TPSA) is 21.3 Å². The summed E-state index contributed by atoms with van der Waals surface area (Å²) in [6.45, 7) is 12.5. The normalized spacial score (nSPS) is 17.8. The average molecular weight is 243 g/mol. The molecular formula is C15H33NO. The maximum atomic E-state index is 5.16. The molecule has 0 bridgehead atoms. The molecule has 0 radical (unpaired) electrons. The van der Waals surface area contributed by atoms with Gasteiger partial charge in [-0.05, 0) is 43.6 Å². The van der Waals surface area contributed by atoms with Gasteiger partial charge in [-0.15, -0.1) is 0 Å². The van der Waals surface area contributed by atoms with Crippen molar-refractivity contribution in [2.45, 2.75) is 59.9 Å². The Morgan fingerprint density at radius 1 is 1.18 bits per heavy atom. The molecule has 17 heavy (non-hydrogen) atoms. The summed E-state index contributed by atoms with van der Waals surface area (Å²) in [6, 6.07) is 0.613. The van der Waals surface area contributed by atoms with E-state index in [4.69, 9.17) is 4.74 Å². The summed E-state index contributed by atoms with van der Waals surface area (Å²) in [5, 5.41) is 3.47. The van der Waals surface area contributed by atoms with Crippen molar-refractivity contribution in [3.05, 3.63) is 0 Å². The second-order valence-electron chi connectivity index (χ2n) is 6.76. The van der Waals surface area contributed by atoms with Crippen LogP contribution in [0.1, 0.15) is 53.9 Å². The molecule has 0 aliphatic carbocycles. The van der Waals surface area contributed by atoms with E-state index < -0.39 is 0 Å². The fourth-order valence-electron chi connectivity index (χ4n) is 2.70.